The van der Waals surface area contributed by atoms with Gasteiger partial charge in [0.2, 0.25) is 0 Å². The van der Waals surface area contributed by atoms with E-state index < -0.39 is 6.03 Å². The molecule has 3 N–H and O–H groups in total. The molecule has 10 heteroatoms. The van der Waals surface area contributed by atoms with E-state index in [1.807, 2.05) is 55.5 Å². The van der Waals surface area contributed by atoms with Gasteiger partial charge < -0.3 is 30.0 Å². The van der Waals surface area contributed by atoms with Crippen LogP contribution in [0.15, 0.2) is 83.3 Å². The molecule has 2 aromatic heterocycles. The Balaban J connectivity index is 1.25. The highest BCUT2D eigenvalue weighted by Crippen LogP contribution is 2.32. The molecule has 6 rings (SSSR count). The lowest BCUT2D eigenvalue weighted by Gasteiger charge is -2.29. The highest BCUT2D eigenvalue weighted by atomic mass is 16.5. The van der Waals surface area contributed by atoms with Crippen molar-refractivity contribution in [2.45, 2.75) is 6.92 Å². The summed E-state index contributed by atoms with van der Waals surface area (Å²) in [5, 5.41) is 9.14. The van der Waals surface area contributed by atoms with Gasteiger partial charge in [-0.05, 0) is 79.7 Å². The van der Waals surface area contributed by atoms with Gasteiger partial charge in [0.25, 0.3) is 5.91 Å². The van der Waals surface area contributed by atoms with Crippen molar-refractivity contribution in [2.24, 2.45) is 0 Å². The second kappa shape index (κ2) is 11.7. The molecule has 10 nitrogen and oxygen atoms in total. The third kappa shape index (κ3) is 5.79. The minimum Gasteiger partial charge on any atom is -0.461 e. The summed E-state index contributed by atoms with van der Waals surface area (Å²) >= 11 is 0. The number of morpholine rings is 1. The Morgan fingerprint density at radius 2 is 1.48 bits per heavy atom. The average molecular weight is 563 g/mol. The molecule has 3 aromatic carbocycles. The van der Waals surface area contributed by atoms with Gasteiger partial charge >= 0.3 is 6.03 Å². The number of furan rings is 1. The largest absolute Gasteiger partial charge is 0.461 e. The molecule has 0 unspecified atom stereocenters. The fourth-order valence-corrected chi connectivity index (χ4v) is 4.85. The number of urea groups is 1. The Hall–Kier alpha value is -5.22. The molecule has 1 aliphatic rings. The molecule has 5 aromatic rings. The maximum atomic E-state index is 12.6. The van der Waals surface area contributed by atoms with Crippen LogP contribution >= 0.6 is 0 Å². The summed E-state index contributed by atoms with van der Waals surface area (Å²) in [6.45, 7) is 4.71. The summed E-state index contributed by atoms with van der Waals surface area (Å²) in [6, 6.07) is 23.7. The molecule has 212 valence electrons. The lowest BCUT2D eigenvalue weighted by molar-refractivity contribution is 0.0963. The van der Waals surface area contributed by atoms with Crippen molar-refractivity contribution >= 4 is 40.0 Å². The number of hydrogen-bond acceptors (Lipinski definition) is 7. The number of ether oxygens (including phenoxy) is 1. The molecule has 3 heterocycles. The summed E-state index contributed by atoms with van der Waals surface area (Å²) in [5.74, 6) is 2.91. The first-order chi connectivity index (χ1) is 20.5. The van der Waals surface area contributed by atoms with Gasteiger partial charge in [-0.15, -0.1) is 0 Å². The Bertz CT molecular complexity index is 1740. The van der Waals surface area contributed by atoms with Crippen LogP contribution in [0.4, 0.5) is 22.0 Å². The standard InChI is InChI=1S/C32H30N6O4/c1-20-3-14-28(42-20)23-8-13-26-27(19-23)36-29(37-30(26)38-15-17-41-18-16-38)21-4-9-24(10-5-21)34-32(40)35-25-11-6-22(7-12-25)31(39)33-2/h3-14,19H,15-18H2,1-2H3,(H,33,39)(H2,34,35,40). The third-order valence-electron chi connectivity index (χ3n) is 7.05. The highest BCUT2D eigenvalue weighted by molar-refractivity contribution is 6.00. The number of anilines is 3. The predicted octanol–water partition coefficient (Wildman–Crippen LogP) is 5.71. The zero-order chi connectivity index (χ0) is 29.1. The molecular formula is C32H30N6O4. The van der Waals surface area contributed by atoms with E-state index in [2.05, 4.69) is 26.9 Å². The van der Waals surface area contributed by atoms with Gasteiger partial charge in [-0.3, -0.25) is 4.79 Å². The van der Waals surface area contributed by atoms with E-state index in [0.717, 1.165) is 52.5 Å². The fourth-order valence-electron chi connectivity index (χ4n) is 4.85. The van der Waals surface area contributed by atoms with Gasteiger partial charge in [-0.1, -0.05) is 6.07 Å². The van der Waals surface area contributed by atoms with Crippen LogP contribution < -0.4 is 20.9 Å². The molecule has 42 heavy (non-hydrogen) atoms. The summed E-state index contributed by atoms with van der Waals surface area (Å²) in [5.41, 5.74) is 4.28. The molecule has 0 atom stereocenters. The number of nitrogens with zero attached hydrogens (tertiary/aromatic N) is 3. The van der Waals surface area contributed by atoms with E-state index in [4.69, 9.17) is 19.1 Å². The molecule has 0 spiro atoms. The van der Waals surface area contributed by atoms with Gasteiger partial charge in [-0.2, -0.15) is 0 Å². The van der Waals surface area contributed by atoms with Crippen molar-refractivity contribution in [1.82, 2.24) is 15.3 Å². The Morgan fingerprint density at radius 1 is 0.810 bits per heavy atom. The summed E-state index contributed by atoms with van der Waals surface area (Å²) < 4.78 is 11.4. The SMILES string of the molecule is CNC(=O)c1ccc(NC(=O)Nc2ccc(-c3nc(N4CCOCC4)c4ccc(-c5ccc(C)o5)cc4n3)cc2)cc1. The van der Waals surface area contributed by atoms with Crippen LogP contribution in [0.3, 0.4) is 0 Å². The number of nitrogens with one attached hydrogen (secondary N) is 3. The topological polar surface area (TPSA) is 122 Å². The Labute approximate surface area is 242 Å². The number of carbonyl (C=O) groups is 2. The van der Waals surface area contributed by atoms with E-state index in [-0.39, 0.29) is 5.91 Å². The first-order valence-corrected chi connectivity index (χ1v) is 13.7. The van der Waals surface area contributed by atoms with Gasteiger partial charge in [0.05, 0.1) is 18.7 Å². The van der Waals surface area contributed by atoms with Crippen LogP contribution in [0.25, 0.3) is 33.6 Å². The number of hydrogen-bond donors (Lipinski definition) is 3. The fraction of sp³-hybridized carbons (Fsp3) is 0.188. The lowest BCUT2D eigenvalue weighted by atomic mass is 10.1. The van der Waals surface area contributed by atoms with E-state index in [0.29, 0.717) is 36.0 Å². The molecule has 0 bridgehead atoms. The average Bonchev–Trinajstić information content (AvgIpc) is 3.47. The highest BCUT2D eigenvalue weighted by Gasteiger charge is 2.19. The Morgan fingerprint density at radius 3 is 2.12 bits per heavy atom. The van der Waals surface area contributed by atoms with Crippen LogP contribution in [0.2, 0.25) is 0 Å². The van der Waals surface area contributed by atoms with Crippen LogP contribution in [-0.4, -0.2) is 55.3 Å². The molecule has 3 amide bonds. The van der Waals surface area contributed by atoms with Crippen LogP contribution in [0.1, 0.15) is 16.1 Å². The van der Waals surface area contributed by atoms with Crippen LogP contribution in [-0.2, 0) is 4.74 Å². The van der Waals surface area contributed by atoms with Crippen molar-refractivity contribution in [3.05, 3.63) is 90.2 Å². The Kier molecular flexibility index (Phi) is 7.52. The molecule has 0 aliphatic carbocycles. The quantitative estimate of drug-likeness (QED) is 0.243. The minimum absolute atomic E-state index is 0.188. The van der Waals surface area contributed by atoms with Crippen molar-refractivity contribution in [3.8, 4) is 22.7 Å². The zero-order valence-electron chi connectivity index (χ0n) is 23.3. The maximum absolute atomic E-state index is 12.6. The number of fused-ring (bicyclic) bond motifs is 1. The summed E-state index contributed by atoms with van der Waals surface area (Å²) in [7, 11) is 1.57. The molecule has 0 saturated carbocycles. The van der Waals surface area contributed by atoms with Gasteiger partial charge in [0.15, 0.2) is 5.82 Å². The number of carbonyl (C=O) groups excluding carboxylic acids is 2. The van der Waals surface area contributed by atoms with Crippen molar-refractivity contribution in [1.29, 1.82) is 0 Å². The third-order valence-corrected chi connectivity index (χ3v) is 7.05. The van der Waals surface area contributed by atoms with Crippen molar-refractivity contribution in [2.75, 3.05) is 48.9 Å². The maximum Gasteiger partial charge on any atom is 0.323 e. The van der Waals surface area contributed by atoms with Crippen LogP contribution in [0.5, 0.6) is 0 Å². The summed E-state index contributed by atoms with van der Waals surface area (Å²) in [6.07, 6.45) is 0. The van der Waals surface area contributed by atoms with Gasteiger partial charge in [0, 0.05) is 53.6 Å². The first kappa shape index (κ1) is 27.0. The van der Waals surface area contributed by atoms with Crippen molar-refractivity contribution in [3.63, 3.8) is 0 Å². The second-order valence-corrected chi connectivity index (χ2v) is 9.93. The molecule has 1 saturated heterocycles. The van der Waals surface area contributed by atoms with E-state index in [1.54, 1.807) is 31.3 Å². The normalized spacial score (nSPS) is 13.1. The monoisotopic (exact) mass is 562 g/mol. The predicted molar refractivity (Wildman–Crippen MR) is 163 cm³/mol. The van der Waals surface area contributed by atoms with E-state index >= 15 is 0 Å². The number of benzene rings is 3. The number of amides is 3. The zero-order valence-corrected chi connectivity index (χ0v) is 23.3. The van der Waals surface area contributed by atoms with Crippen molar-refractivity contribution < 1.29 is 18.7 Å². The summed E-state index contributed by atoms with van der Waals surface area (Å²) in [4.78, 5) is 36.4. The van der Waals surface area contributed by atoms with Gasteiger partial charge in [-0.25, -0.2) is 14.8 Å². The molecule has 1 fully saturated rings. The van der Waals surface area contributed by atoms with Crippen LogP contribution in [0, 0.1) is 6.92 Å². The second-order valence-electron chi connectivity index (χ2n) is 9.93. The van der Waals surface area contributed by atoms with Gasteiger partial charge in [0.1, 0.15) is 17.3 Å². The number of aryl methyl sites for hydroxylation is 1. The molecule has 1 aliphatic heterocycles. The van der Waals surface area contributed by atoms with E-state index in [1.165, 1.54) is 0 Å². The number of aromatic nitrogens is 2. The van der Waals surface area contributed by atoms with E-state index in [9.17, 15) is 9.59 Å². The minimum atomic E-state index is -0.396. The smallest absolute Gasteiger partial charge is 0.323 e. The molecule has 0 radical (unpaired) electrons. The first-order valence-electron chi connectivity index (χ1n) is 13.7. The number of rotatable bonds is 6. The molecular weight excluding hydrogens is 532 g/mol. The lowest BCUT2D eigenvalue weighted by Crippen LogP contribution is -2.37.